The third-order valence-electron chi connectivity index (χ3n) is 3.51. The molecule has 25 heavy (non-hydrogen) atoms. The summed E-state index contributed by atoms with van der Waals surface area (Å²) in [6.07, 6.45) is -1.37. The van der Waals surface area contributed by atoms with Crippen molar-refractivity contribution in [2.75, 3.05) is 7.11 Å². The van der Waals surface area contributed by atoms with E-state index in [2.05, 4.69) is 0 Å². The fraction of sp³-hybridized carbons (Fsp3) is 0.125. The largest absolute Gasteiger partial charge is 0.508 e. The first kappa shape index (κ1) is 17.9. The Morgan fingerprint density at radius 1 is 0.800 bits per heavy atom. The van der Waals surface area contributed by atoms with E-state index < -0.39 is 52.2 Å². The molecule has 0 amide bonds. The first-order valence-corrected chi connectivity index (χ1v) is 6.78. The second-order valence-electron chi connectivity index (χ2n) is 5.09. The van der Waals surface area contributed by atoms with E-state index in [9.17, 15) is 30.0 Å². The Balaban J connectivity index is 2.74. The highest BCUT2D eigenvalue weighted by Crippen LogP contribution is 2.42. The lowest BCUT2D eigenvalue weighted by atomic mass is 9.95. The molecule has 0 aliphatic carbocycles. The minimum Gasteiger partial charge on any atom is -0.508 e. The quantitative estimate of drug-likeness (QED) is 0.440. The number of rotatable bonds is 5. The number of benzene rings is 2. The van der Waals surface area contributed by atoms with E-state index in [1.165, 1.54) is 0 Å². The van der Waals surface area contributed by atoms with Crippen LogP contribution in [0.15, 0.2) is 24.3 Å². The number of carboxylic acids is 2. The number of carboxylic acid groups (broad SMARTS) is 2. The lowest BCUT2D eigenvalue weighted by Gasteiger charge is -2.20. The van der Waals surface area contributed by atoms with Crippen LogP contribution >= 0.6 is 0 Å². The van der Waals surface area contributed by atoms with Crippen LogP contribution in [-0.2, 0) is 4.74 Å². The summed E-state index contributed by atoms with van der Waals surface area (Å²) in [5.74, 6) is -5.50. The van der Waals surface area contributed by atoms with Gasteiger partial charge < -0.3 is 35.4 Å². The van der Waals surface area contributed by atoms with Crippen LogP contribution in [0.2, 0.25) is 0 Å². The van der Waals surface area contributed by atoms with Crippen LogP contribution in [0.25, 0.3) is 0 Å². The molecule has 0 unspecified atom stereocenters. The average Bonchev–Trinajstić information content (AvgIpc) is 2.53. The summed E-state index contributed by atoms with van der Waals surface area (Å²) in [4.78, 5) is 22.3. The summed E-state index contributed by atoms with van der Waals surface area (Å²) in [7, 11) is 1.15. The zero-order chi connectivity index (χ0) is 18.9. The van der Waals surface area contributed by atoms with E-state index in [1.54, 1.807) is 0 Å². The normalized spacial score (nSPS) is 10.8. The summed E-state index contributed by atoms with van der Waals surface area (Å²) in [6, 6.07) is 3.64. The van der Waals surface area contributed by atoms with Crippen molar-refractivity contribution >= 4 is 11.9 Å². The smallest absolute Gasteiger partial charge is 0.339 e. The molecule has 0 saturated carbocycles. The maximum Gasteiger partial charge on any atom is 0.339 e. The van der Waals surface area contributed by atoms with Crippen molar-refractivity contribution < 1.29 is 45.0 Å². The van der Waals surface area contributed by atoms with Gasteiger partial charge in [-0.2, -0.15) is 0 Å². The van der Waals surface area contributed by atoms with Crippen LogP contribution in [0.1, 0.15) is 37.9 Å². The monoisotopic (exact) mass is 350 g/mol. The van der Waals surface area contributed by atoms with E-state index >= 15 is 0 Å². The van der Waals surface area contributed by atoms with Crippen LogP contribution in [0, 0.1) is 0 Å². The number of carbonyl (C=O) groups is 2. The molecule has 0 fully saturated rings. The molecule has 0 aliphatic heterocycles. The van der Waals surface area contributed by atoms with Crippen molar-refractivity contribution in [3.05, 3.63) is 46.5 Å². The molecule has 0 aromatic heterocycles. The predicted octanol–water partition coefficient (Wildman–Crippen LogP) is 1.64. The van der Waals surface area contributed by atoms with Crippen LogP contribution in [0.3, 0.4) is 0 Å². The van der Waals surface area contributed by atoms with E-state index in [0.717, 1.165) is 31.4 Å². The van der Waals surface area contributed by atoms with Crippen LogP contribution in [0.4, 0.5) is 0 Å². The number of hydrogen-bond acceptors (Lipinski definition) is 7. The molecule has 0 radical (unpaired) electrons. The molecule has 6 N–H and O–H groups in total. The van der Waals surface area contributed by atoms with Gasteiger partial charge in [0, 0.05) is 18.2 Å². The van der Waals surface area contributed by atoms with Crippen molar-refractivity contribution in [1.29, 1.82) is 0 Å². The van der Waals surface area contributed by atoms with Gasteiger partial charge in [-0.3, -0.25) is 0 Å². The van der Waals surface area contributed by atoms with Gasteiger partial charge in [0.1, 0.15) is 40.2 Å². The first-order valence-electron chi connectivity index (χ1n) is 6.78. The van der Waals surface area contributed by atoms with Gasteiger partial charge in [0.2, 0.25) is 0 Å². The van der Waals surface area contributed by atoms with Crippen molar-refractivity contribution in [2.45, 2.75) is 6.10 Å². The molecule has 9 heteroatoms. The minimum atomic E-state index is -1.52. The summed E-state index contributed by atoms with van der Waals surface area (Å²) in [6.45, 7) is 0. The van der Waals surface area contributed by atoms with Crippen molar-refractivity contribution in [3.63, 3.8) is 0 Å². The van der Waals surface area contributed by atoms with E-state index in [1.807, 2.05) is 0 Å². The molecule has 132 valence electrons. The van der Waals surface area contributed by atoms with Gasteiger partial charge in [0.15, 0.2) is 0 Å². The van der Waals surface area contributed by atoms with Crippen LogP contribution in [-0.4, -0.2) is 49.7 Å². The molecular weight excluding hydrogens is 336 g/mol. The number of hydrogen-bond donors (Lipinski definition) is 6. The third kappa shape index (κ3) is 3.26. The Morgan fingerprint density at radius 3 is 1.44 bits per heavy atom. The highest BCUT2D eigenvalue weighted by Gasteiger charge is 2.28. The summed E-state index contributed by atoms with van der Waals surface area (Å²) in [5, 5.41) is 57.8. The predicted molar refractivity (Wildman–Crippen MR) is 82.3 cm³/mol. The van der Waals surface area contributed by atoms with Gasteiger partial charge in [-0.15, -0.1) is 0 Å². The number of methoxy groups -OCH3 is 1. The Kier molecular flexibility index (Phi) is 4.70. The molecular formula is C16H14O9. The molecule has 0 saturated heterocycles. The number of phenols is 4. The zero-order valence-corrected chi connectivity index (χ0v) is 12.8. The van der Waals surface area contributed by atoms with Gasteiger partial charge in [0.05, 0.1) is 0 Å². The summed E-state index contributed by atoms with van der Waals surface area (Å²) < 4.78 is 5.14. The highest BCUT2D eigenvalue weighted by atomic mass is 16.5. The van der Waals surface area contributed by atoms with Gasteiger partial charge in [-0.25, -0.2) is 9.59 Å². The topological polar surface area (TPSA) is 165 Å². The maximum atomic E-state index is 11.2. The van der Waals surface area contributed by atoms with Gasteiger partial charge >= 0.3 is 11.9 Å². The van der Waals surface area contributed by atoms with E-state index in [-0.39, 0.29) is 11.1 Å². The SMILES string of the molecule is COC(c1cc(O)cc(C(=O)O)c1O)c1cc(O)cc(C(=O)O)c1O. The van der Waals surface area contributed by atoms with Gasteiger partial charge in [-0.1, -0.05) is 0 Å². The number of aromatic hydroxyl groups is 4. The Labute approximate surface area is 140 Å². The van der Waals surface area contributed by atoms with Crippen LogP contribution < -0.4 is 0 Å². The van der Waals surface area contributed by atoms with Crippen LogP contribution in [0.5, 0.6) is 23.0 Å². The lowest BCUT2D eigenvalue weighted by Crippen LogP contribution is -2.09. The zero-order valence-electron chi connectivity index (χ0n) is 12.8. The molecule has 2 aromatic rings. The second kappa shape index (κ2) is 6.57. The standard InChI is InChI=1S/C16H14O9/c1-25-14(8-2-6(17)4-10(12(8)19)15(21)22)9-3-7(18)5-11(13(9)20)16(23)24/h2-5,14,17-20H,1H3,(H,21,22)(H,23,24). The minimum absolute atomic E-state index is 0.239. The molecule has 2 aromatic carbocycles. The Hall–Kier alpha value is -3.46. The molecule has 2 rings (SSSR count). The molecule has 0 atom stereocenters. The molecule has 9 nitrogen and oxygen atoms in total. The molecule has 0 bridgehead atoms. The van der Waals surface area contributed by atoms with Crippen molar-refractivity contribution in [3.8, 4) is 23.0 Å². The van der Waals surface area contributed by atoms with Gasteiger partial charge in [-0.05, 0) is 24.3 Å². The van der Waals surface area contributed by atoms with Gasteiger partial charge in [0.25, 0.3) is 0 Å². The molecule has 0 aliphatic rings. The van der Waals surface area contributed by atoms with E-state index in [4.69, 9.17) is 14.9 Å². The second-order valence-corrected chi connectivity index (χ2v) is 5.09. The first-order chi connectivity index (χ1) is 11.7. The lowest BCUT2D eigenvalue weighted by molar-refractivity contribution is 0.0682. The Morgan fingerprint density at radius 2 is 1.16 bits per heavy atom. The highest BCUT2D eigenvalue weighted by molar-refractivity contribution is 5.93. The molecule has 0 spiro atoms. The van der Waals surface area contributed by atoms with Crippen molar-refractivity contribution in [2.24, 2.45) is 0 Å². The molecule has 0 heterocycles. The number of phenolic OH excluding ortho intramolecular Hbond substituents is 2. The summed E-state index contributed by atoms with van der Waals surface area (Å²) >= 11 is 0. The van der Waals surface area contributed by atoms with E-state index in [0.29, 0.717) is 0 Å². The summed E-state index contributed by atoms with van der Waals surface area (Å²) in [5.41, 5.74) is -1.71. The Bertz CT molecular complexity index is 788. The third-order valence-corrected chi connectivity index (χ3v) is 3.51. The number of ether oxygens (including phenoxy) is 1. The number of aromatic carboxylic acids is 2. The fourth-order valence-electron chi connectivity index (χ4n) is 2.43. The van der Waals surface area contributed by atoms with Crippen molar-refractivity contribution in [1.82, 2.24) is 0 Å². The maximum absolute atomic E-state index is 11.2. The fourth-order valence-corrected chi connectivity index (χ4v) is 2.43. The average molecular weight is 350 g/mol.